The lowest BCUT2D eigenvalue weighted by Crippen LogP contribution is -2.30. The van der Waals surface area contributed by atoms with Crippen molar-refractivity contribution in [3.63, 3.8) is 0 Å². The maximum absolute atomic E-state index is 15.0. The second-order valence-corrected chi connectivity index (χ2v) is 9.08. The second-order valence-electron chi connectivity index (χ2n) is 9.08. The van der Waals surface area contributed by atoms with E-state index in [-0.39, 0.29) is 17.6 Å². The molecule has 28 heavy (non-hydrogen) atoms. The van der Waals surface area contributed by atoms with E-state index in [4.69, 9.17) is 0 Å². The van der Waals surface area contributed by atoms with E-state index in [0.29, 0.717) is 17.4 Å². The van der Waals surface area contributed by atoms with Crippen molar-refractivity contribution in [3.8, 4) is 0 Å². The summed E-state index contributed by atoms with van der Waals surface area (Å²) < 4.78 is 29.9. The first-order valence-corrected chi connectivity index (χ1v) is 11.1. The van der Waals surface area contributed by atoms with Crippen molar-refractivity contribution in [1.82, 2.24) is 0 Å². The molecule has 0 heterocycles. The second kappa shape index (κ2) is 8.35. The third-order valence-corrected chi connectivity index (χ3v) is 7.51. The molecule has 2 heteroatoms. The molecule has 0 bridgehead atoms. The lowest BCUT2D eigenvalue weighted by atomic mass is 9.63. The Kier molecular flexibility index (Phi) is 5.85. The van der Waals surface area contributed by atoms with E-state index in [1.54, 1.807) is 6.08 Å². The summed E-state index contributed by atoms with van der Waals surface area (Å²) >= 11 is 0. The first-order valence-electron chi connectivity index (χ1n) is 11.1. The van der Waals surface area contributed by atoms with Crippen molar-refractivity contribution < 1.29 is 8.78 Å². The third kappa shape index (κ3) is 3.75. The molecule has 2 aliphatic rings. The first-order chi connectivity index (χ1) is 13.6. The maximum Gasteiger partial charge on any atom is 0.134 e. The third-order valence-electron chi connectivity index (χ3n) is 7.51. The number of hydrogen-bond donors (Lipinski definition) is 0. The van der Waals surface area contributed by atoms with Crippen LogP contribution in [0.4, 0.5) is 8.78 Å². The molecule has 2 aromatic carbocycles. The van der Waals surface area contributed by atoms with Gasteiger partial charge in [-0.15, -0.1) is 6.58 Å². The molecule has 2 aliphatic carbocycles. The Morgan fingerprint density at radius 1 is 1.04 bits per heavy atom. The van der Waals surface area contributed by atoms with E-state index in [1.165, 1.54) is 38.2 Å². The molecule has 0 aliphatic heterocycles. The van der Waals surface area contributed by atoms with E-state index < -0.39 is 0 Å². The van der Waals surface area contributed by atoms with E-state index in [2.05, 4.69) is 13.5 Å². The summed E-state index contributed by atoms with van der Waals surface area (Å²) in [6, 6.07) is 7.18. The van der Waals surface area contributed by atoms with Gasteiger partial charge in [0.1, 0.15) is 11.6 Å². The first kappa shape index (κ1) is 19.6. The smallest absolute Gasteiger partial charge is 0.134 e. The summed E-state index contributed by atoms with van der Waals surface area (Å²) in [7, 11) is 0. The van der Waals surface area contributed by atoms with Crippen molar-refractivity contribution >= 4 is 10.8 Å². The van der Waals surface area contributed by atoms with Crippen LogP contribution in [-0.4, -0.2) is 0 Å². The Bertz CT molecular complexity index is 853. The topological polar surface area (TPSA) is 0 Å². The number of benzene rings is 2. The molecule has 2 aromatic rings. The number of allylic oxidation sites excluding steroid dienone is 1. The van der Waals surface area contributed by atoms with Crippen molar-refractivity contribution in [1.29, 1.82) is 0 Å². The van der Waals surface area contributed by atoms with Crippen LogP contribution in [0.2, 0.25) is 0 Å². The van der Waals surface area contributed by atoms with Gasteiger partial charge in [-0.05, 0) is 97.3 Å². The predicted molar refractivity (Wildman–Crippen MR) is 114 cm³/mol. The number of rotatable bonds is 5. The van der Waals surface area contributed by atoms with Gasteiger partial charge in [-0.3, -0.25) is 0 Å². The van der Waals surface area contributed by atoms with Crippen LogP contribution >= 0.6 is 0 Å². The molecule has 0 N–H and O–H groups in total. The quantitative estimate of drug-likeness (QED) is 0.460. The highest BCUT2D eigenvalue weighted by Crippen LogP contribution is 2.48. The zero-order valence-electron chi connectivity index (χ0n) is 17.0. The van der Waals surface area contributed by atoms with Gasteiger partial charge in [-0.1, -0.05) is 38.0 Å². The molecule has 4 rings (SSSR count). The van der Waals surface area contributed by atoms with Crippen LogP contribution in [0.25, 0.3) is 10.8 Å². The fraction of sp³-hybridized carbons (Fsp3) is 0.538. The van der Waals surface area contributed by atoms with Crippen LogP contribution in [0.15, 0.2) is 36.9 Å². The van der Waals surface area contributed by atoms with Gasteiger partial charge in [0, 0.05) is 5.39 Å². The largest absolute Gasteiger partial charge is 0.207 e. The summed E-state index contributed by atoms with van der Waals surface area (Å²) in [6.45, 7) is 6.01. The summed E-state index contributed by atoms with van der Waals surface area (Å²) in [4.78, 5) is 0. The fourth-order valence-corrected chi connectivity index (χ4v) is 5.78. The summed E-state index contributed by atoms with van der Waals surface area (Å²) in [5.41, 5.74) is 1.45. The van der Waals surface area contributed by atoms with E-state index in [9.17, 15) is 4.39 Å². The molecule has 2 saturated carbocycles. The highest BCUT2D eigenvalue weighted by Gasteiger charge is 2.36. The Morgan fingerprint density at radius 2 is 1.82 bits per heavy atom. The molecule has 4 unspecified atom stereocenters. The predicted octanol–water partition coefficient (Wildman–Crippen LogP) is 7.95. The molecule has 150 valence electrons. The molecule has 0 aromatic heterocycles. The molecule has 0 saturated heterocycles. The Hall–Kier alpha value is -1.70. The zero-order valence-corrected chi connectivity index (χ0v) is 17.0. The van der Waals surface area contributed by atoms with Crippen LogP contribution in [0, 0.1) is 29.4 Å². The average molecular weight is 383 g/mol. The van der Waals surface area contributed by atoms with Crippen LogP contribution < -0.4 is 0 Å². The Balaban J connectivity index is 1.58. The van der Waals surface area contributed by atoms with Gasteiger partial charge in [0.25, 0.3) is 0 Å². The highest BCUT2D eigenvalue weighted by molar-refractivity contribution is 5.85. The molecule has 2 fully saturated rings. The van der Waals surface area contributed by atoms with Crippen molar-refractivity contribution in [3.05, 3.63) is 59.7 Å². The lowest BCUT2D eigenvalue weighted by molar-refractivity contribution is 0.115. The minimum absolute atomic E-state index is 0.224. The van der Waals surface area contributed by atoms with Crippen LogP contribution in [-0.2, 0) is 6.42 Å². The van der Waals surface area contributed by atoms with E-state index in [1.807, 2.05) is 18.2 Å². The van der Waals surface area contributed by atoms with Crippen LogP contribution in [0.5, 0.6) is 0 Å². The van der Waals surface area contributed by atoms with Gasteiger partial charge in [0.05, 0.1) is 0 Å². The van der Waals surface area contributed by atoms with Gasteiger partial charge in [0.2, 0.25) is 0 Å². The van der Waals surface area contributed by atoms with Crippen molar-refractivity contribution in [2.45, 2.75) is 70.6 Å². The average Bonchev–Trinajstić information content (AvgIpc) is 2.72. The fourth-order valence-electron chi connectivity index (χ4n) is 5.78. The number of hydrogen-bond acceptors (Lipinski definition) is 0. The molecule has 0 radical (unpaired) electrons. The molecular formula is C26H32F2. The van der Waals surface area contributed by atoms with Crippen molar-refractivity contribution in [2.24, 2.45) is 17.8 Å². The van der Waals surface area contributed by atoms with Gasteiger partial charge >= 0.3 is 0 Å². The van der Waals surface area contributed by atoms with Crippen LogP contribution in [0.3, 0.4) is 0 Å². The Labute approximate surface area is 168 Å². The number of aryl methyl sites for hydroxylation is 1. The highest BCUT2D eigenvalue weighted by atomic mass is 19.1. The van der Waals surface area contributed by atoms with E-state index in [0.717, 1.165) is 48.0 Å². The van der Waals surface area contributed by atoms with Gasteiger partial charge in [0.15, 0.2) is 0 Å². The number of fused-ring (bicyclic) bond motifs is 2. The molecule has 0 spiro atoms. The minimum atomic E-state index is -0.272. The standard InChI is InChI=1S/C26H32F2/c1-3-5-6-18-9-11-22-15-23(25(27)16-24(22)26(18)28)21-12-10-19-13-17(4-2)7-8-20(19)14-21/h3,9,11,15-17,19-21H,1,4-8,10,12-14H2,2H3. The summed E-state index contributed by atoms with van der Waals surface area (Å²) in [6.07, 6.45) is 11.8. The molecule has 0 nitrogen and oxygen atoms in total. The minimum Gasteiger partial charge on any atom is -0.207 e. The van der Waals surface area contributed by atoms with Gasteiger partial charge in [-0.25, -0.2) is 8.78 Å². The molecule has 4 atom stereocenters. The van der Waals surface area contributed by atoms with Gasteiger partial charge in [-0.2, -0.15) is 0 Å². The SMILES string of the molecule is C=CCCc1ccc2cc(C3CCC4CC(CC)CCC4C3)c(F)cc2c1F. The van der Waals surface area contributed by atoms with E-state index >= 15 is 4.39 Å². The van der Waals surface area contributed by atoms with Gasteiger partial charge < -0.3 is 0 Å². The number of halogens is 2. The molecule has 0 amide bonds. The monoisotopic (exact) mass is 382 g/mol. The normalized spacial score (nSPS) is 27.5. The molecular weight excluding hydrogens is 350 g/mol. The Morgan fingerprint density at radius 3 is 2.61 bits per heavy atom. The van der Waals surface area contributed by atoms with Crippen molar-refractivity contribution in [2.75, 3.05) is 0 Å². The van der Waals surface area contributed by atoms with Crippen LogP contribution in [0.1, 0.15) is 75.3 Å². The summed E-state index contributed by atoms with van der Waals surface area (Å²) in [5.74, 6) is 2.27. The lowest BCUT2D eigenvalue weighted by Gasteiger charge is -2.42. The maximum atomic E-state index is 15.0. The zero-order chi connectivity index (χ0) is 19.7. The summed E-state index contributed by atoms with van der Waals surface area (Å²) in [5, 5.41) is 1.24.